The first-order valence-electron chi connectivity index (χ1n) is 6.68. The summed E-state index contributed by atoms with van der Waals surface area (Å²) in [6, 6.07) is 1.29. The predicted octanol–water partition coefficient (Wildman–Crippen LogP) is 1.56. The van der Waals surface area contributed by atoms with Crippen molar-refractivity contribution < 1.29 is 14.8 Å². The highest BCUT2D eigenvalue weighted by atomic mass is 16.6. The van der Waals surface area contributed by atoms with Crippen LogP contribution in [0.15, 0.2) is 12.3 Å². The summed E-state index contributed by atoms with van der Waals surface area (Å²) >= 11 is 0. The smallest absolute Gasteiger partial charge is 0.287 e. The number of amides is 1. The first kappa shape index (κ1) is 16.2. The van der Waals surface area contributed by atoms with Crippen LogP contribution in [0.25, 0.3) is 0 Å². The molecule has 0 fully saturated rings. The highest BCUT2D eigenvalue weighted by Crippen LogP contribution is 2.19. The predicted molar refractivity (Wildman–Crippen MR) is 74.6 cm³/mol. The number of nitrogens with zero attached hydrogens (tertiary/aromatic N) is 3. The summed E-state index contributed by atoms with van der Waals surface area (Å²) in [4.78, 5) is 24.3. The van der Waals surface area contributed by atoms with Crippen molar-refractivity contribution in [3.8, 4) is 0 Å². The Balaban J connectivity index is 3.08. The lowest BCUT2D eigenvalue weighted by atomic mass is 10.1. The molecule has 0 aliphatic carbocycles. The summed E-state index contributed by atoms with van der Waals surface area (Å²) in [7, 11) is 1.60. The van der Waals surface area contributed by atoms with Crippen molar-refractivity contribution in [2.24, 2.45) is 7.05 Å². The van der Waals surface area contributed by atoms with Crippen LogP contribution in [0.1, 0.15) is 37.2 Å². The molecule has 0 saturated heterocycles. The maximum absolute atomic E-state index is 12.5. The van der Waals surface area contributed by atoms with Crippen LogP contribution in [0.2, 0.25) is 0 Å². The van der Waals surface area contributed by atoms with E-state index in [-0.39, 0.29) is 36.5 Å². The summed E-state index contributed by atoms with van der Waals surface area (Å²) < 4.78 is 1.45. The Morgan fingerprint density at radius 2 is 2.10 bits per heavy atom. The van der Waals surface area contributed by atoms with Crippen LogP contribution in [-0.2, 0) is 7.05 Å². The van der Waals surface area contributed by atoms with Crippen LogP contribution in [-0.4, -0.2) is 44.6 Å². The highest BCUT2D eigenvalue weighted by Gasteiger charge is 2.26. The maximum Gasteiger partial charge on any atom is 0.287 e. The summed E-state index contributed by atoms with van der Waals surface area (Å²) in [5.74, 6) is -0.289. The summed E-state index contributed by atoms with van der Waals surface area (Å²) in [6.07, 6.45) is 2.86. The Morgan fingerprint density at radius 3 is 2.50 bits per heavy atom. The fraction of sp³-hybridized carbons (Fsp3) is 0.615. The largest absolute Gasteiger partial charge is 0.395 e. The fourth-order valence-electron chi connectivity index (χ4n) is 2.29. The van der Waals surface area contributed by atoms with Crippen LogP contribution >= 0.6 is 0 Å². The number of rotatable bonds is 7. The molecule has 0 saturated carbocycles. The standard InChI is InChI=1S/C13H21N3O4/c1-4-10(5-2)15(6-7-17)13(18)12-8-11(16(19)20)9-14(12)3/h8-10,17H,4-7H2,1-3H3. The molecule has 1 aromatic heterocycles. The zero-order valence-electron chi connectivity index (χ0n) is 12.1. The van der Waals surface area contributed by atoms with E-state index in [0.29, 0.717) is 0 Å². The Hall–Kier alpha value is -1.89. The molecular weight excluding hydrogens is 262 g/mol. The number of aliphatic hydroxyl groups is 1. The van der Waals surface area contributed by atoms with Crippen LogP contribution in [0.3, 0.4) is 0 Å². The molecule has 20 heavy (non-hydrogen) atoms. The third kappa shape index (κ3) is 3.36. The molecule has 7 nitrogen and oxygen atoms in total. The number of nitro groups is 1. The number of aromatic nitrogens is 1. The van der Waals surface area contributed by atoms with Crippen molar-refractivity contribution in [3.63, 3.8) is 0 Å². The monoisotopic (exact) mass is 283 g/mol. The Bertz CT molecular complexity index is 480. The van der Waals surface area contributed by atoms with E-state index in [9.17, 15) is 14.9 Å². The second kappa shape index (κ2) is 7.04. The Morgan fingerprint density at radius 1 is 1.50 bits per heavy atom. The number of aryl methyl sites for hydroxylation is 1. The van der Waals surface area contributed by atoms with E-state index in [4.69, 9.17) is 5.11 Å². The third-order valence-corrected chi connectivity index (χ3v) is 3.41. The van der Waals surface area contributed by atoms with E-state index in [1.165, 1.54) is 16.8 Å². The third-order valence-electron chi connectivity index (χ3n) is 3.41. The number of hydrogen-bond acceptors (Lipinski definition) is 4. The van der Waals surface area contributed by atoms with Crippen LogP contribution in [0, 0.1) is 10.1 Å². The van der Waals surface area contributed by atoms with Gasteiger partial charge in [0.2, 0.25) is 0 Å². The molecule has 1 heterocycles. The Labute approximate surface area is 118 Å². The van der Waals surface area contributed by atoms with Crippen LogP contribution < -0.4 is 0 Å². The zero-order valence-corrected chi connectivity index (χ0v) is 12.1. The average Bonchev–Trinajstić information content (AvgIpc) is 2.80. The molecule has 1 amide bonds. The zero-order chi connectivity index (χ0) is 15.3. The van der Waals surface area contributed by atoms with Gasteiger partial charge in [-0.2, -0.15) is 0 Å². The molecule has 7 heteroatoms. The highest BCUT2D eigenvalue weighted by molar-refractivity contribution is 5.93. The van der Waals surface area contributed by atoms with Gasteiger partial charge in [-0.15, -0.1) is 0 Å². The van der Waals surface area contributed by atoms with E-state index < -0.39 is 4.92 Å². The SMILES string of the molecule is CCC(CC)N(CCO)C(=O)c1cc([N+](=O)[O-])cn1C. The topological polar surface area (TPSA) is 88.6 Å². The van der Waals surface area contributed by atoms with Gasteiger partial charge < -0.3 is 14.6 Å². The molecule has 1 N–H and O–H groups in total. The first-order chi connectivity index (χ1) is 9.46. The van der Waals surface area contributed by atoms with Crippen molar-refractivity contribution in [1.82, 2.24) is 9.47 Å². The molecule has 0 radical (unpaired) electrons. The van der Waals surface area contributed by atoms with Gasteiger partial charge in [0.25, 0.3) is 11.6 Å². The molecule has 112 valence electrons. The second-order valence-corrected chi connectivity index (χ2v) is 4.64. The minimum atomic E-state index is -0.524. The van der Waals surface area contributed by atoms with Gasteiger partial charge in [-0.25, -0.2) is 0 Å². The Kier molecular flexibility index (Phi) is 5.69. The lowest BCUT2D eigenvalue weighted by Crippen LogP contribution is -2.42. The van der Waals surface area contributed by atoms with E-state index in [0.717, 1.165) is 12.8 Å². The quantitative estimate of drug-likeness (QED) is 0.607. The number of carbonyl (C=O) groups is 1. The summed E-state index contributed by atoms with van der Waals surface area (Å²) in [6.45, 7) is 4.04. The van der Waals surface area contributed by atoms with Crippen molar-refractivity contribution >= 4 is 11.6 Å². The van der Waals surface area contributed by atoms with E-state index in [2.05, 4.69) is 0 Å². The number of carbonyl (C=O) groups excluding carboxylic acids is 1. The molecule has 0 aliphatic rings. The first-order valence-corrected chi connectivity index (χ1v) is 6.68. The van der Waals surface area contributed by atoms with Gasteiger partial charge in [0, 0.05) is 25.7 Å². The van der Waals surface area contributed by atoms with Crippen LogP contribution in [0.5, 0.6) is 0 Å². The molecule has 0 aliphatic heterocycles. The molecule has 1 rings (SSSR count). The van der Waals surface area contributed by atoms with Gasteiger partial charge in [0.1, 0.15) is 5.69 Å². The molecule has 1 aromatic rings. The number of hydrogen-bond donors (Lipinski definition) is 1. The summed E-state index contributed by atoms with van der Waals surface area (Å²) in [5.41, 5.74) is 0.154. The fourth-order valence-corrected chi connectivity index (χ4v) is 2.29. The molecular formula is C13H21N3O4. The lowest BCUT2D eigenvalue weighted by Gasteiger charge is -2.30. The summed E-state index contributed by atoms with van der Waals surface area (Å²) in [5, 5.41) is 19.9. The van der Waals surface area contributed by atoms with Crippen molar-refractivity contribution in [3.05, 3.63) is 28.1 Å². The number of aliphatic hydroxyl groups excluding tert-OH is 1. The second-order valence-electron chi connectivity index (χ2n) is 4.64. The minimum Gasteiger partial charge on any atom is -0.395 e. The minimum absolute atomic E-state index is 0.0172. The maximum atomic E-state index is 12.5. The van der Waals surface area contributed by atoms with Gasteiger partial charge in [0.05, 0.1) is 17.7 Å². The van der Waals surface area contributed by atoms with Gasteiger partial charge >= 0.3 is 0 Å². The van der Waals surface area contributed by atoms with Gasteiger partial charge in [-0.05, 0) is 12.8 Å². The van der Waals surface area contributed by atoms with E-state index in [1.807, 2.05) is 13.8 Å². The molecule has 0 unspecified atom stereocenters. The van der Waals surface area contributed by atoms with Crippen molar-refractivity contribution in [2.45, 2.75) is 32.7 Å². The van der Waals surface area contributed by atoms with E-state index in [1.54, 1.807) is 11.9 Å². The van der Waals surface area contributed by atoms with Crippen molar-refractivity contribution in [1.29, 1.82) is 0 Å². The van der Waals surface area contributed by atoms with Gasteiger partial charge in [0.15, 0.2) is 0 Å². The average molecular weight is 283 g/mol. The molecule has 0 bridgehead atoms. The van der Waals surface area contributed by atoms with Crippen LogP contribution in [0.4, 0.5) is 5.69 Å². The molecule has 0 atom stereocenters. The normalized spacial score (nSPS) is 10.8. The lowest BCUT2D eigenvalue weighted by molar-refractivity contribution is -0.384. The molecule has 0 aromatic carbocycles. The van der Waals surface area contributed by atoms with Gasteiger partial charge in [-0.1, -0.05) is 13.8 Å². The van der Waals surface area contributed by atoms with Crippen molar-refractivity contribution in [2.75, 3.05) is 13.2 Å². The van der Waals surface area contributed by atoms with Gasteiger partial charge in [-0.3, -0.25) is 14.9 Å². The van der Waals surface area contributed by atoms with E-state index >= 15 is 0 Å². The molecule has 0 spiro atoms.